The summed E-state index contributed by atoms with van der Waals surface area (Å²) < 4.78 is 0. The molecule has 0 aromatic heterocycles. The minimum absolute atomic E-state index is 0.0156. The average Bonchev–Trinajstić information content (AvgIpc) is 2.63. The Balaban J connectivity index is 2.36. The van der Waals surface area contributed by atoms with Crippen molar-refractivity contribution in [2.45, 2.75) is 6.42 Å². The van der Waals surface area contributed by atoms with E-state index >= 15 is 0 Å². The Morgan fingerprint density at radius 2 is 2.38 bits per heavy atom. The molecule has 0 unspecified atom stereocenters. The van der Waals surface area contributed by atoms with E-state index in [1.807, 2.05) is 18.2 Å². The molecule has 2 rings (SSSR count). The second kappa shape index (κ2) is 3.38. The third kappa shape index (κ3) is 1.54. The van der Waals surface area contributed by atoms with Crippen molar-refractivity contribution in [1.29, 1.82) is 0 Å². The minimum atomic E-state index is -0.0156. The van der Waals surface area contributed by atoms with E-state index in [1.54, 1.807) is 0 Å². The second-order valence-electron chi connectivity index (χ2n) is 3.11. The molecule has 0 saturated carbocycles. The number of rotatable bonds is 2. The summed E-state index contributed by atoms with van der Waals surface area (Å²) in [6.07, 6.45) is 1.05. The van der Waals surface area contributed by atoms with Gasteiger partial charge in [-0.25, -0.2) is 0 Å². The topological polar surface area (TPSA) is 29.1 Å². The molecule has 0 saturated heterocycles. The number of ketones is 1. The van der Waals surface area contributed by atoms with Gasteiger partial charge in [0.1, 0.15) is 0 Å². The van der Waals surface area contributed by atoms with E-state index in [0.29, 0.717) is 5.56 Å². The molecule has 0 aliphatic carbocycles. The molecule has 0 amide bonds. The summed E-state index contributed by atoms with van der Waals surface area (Å²) in [5, 5.41) is 3.22. The number of anilines is 1. The van der Waals surface area contributed by atoms with Crippen LogP contribution in [0.1, 0.15) is 15.9 Å². The Hall–Kier alpha value is -1.02. The summed E-state index contributed by atoms with van der Waals surface area (Å²) in [4.78, 5) is 11.3. The summed E-state index contributed by atoms with van der Waals surface area (Å²) in [7, 11) is 0. The Bertz CT molecular complexity index is 349. The lowest BCUT2D eigenvalue weighted by molar-refractivity contribution is 0.102. The van der Waals surface area contributed by atoms with Gasteiger partial charge in [0.05, 0.1) is 5.88 Å². The SMILES string of the molecule is O=C(CCl)c1ccc2c(c1)NCC2. The van der Waals surface area contributed by atoms with Gasteiger partial charge in [0.2, 0.25) is 0 Å². The van der Waals surface area contributed by atoms with Crippen LogP contribution in [0.25, 0.3) is 0 Å². The van der Waals surface area contributed by atoms with Gasteiger partial charge in [-0.15, -0.1) is 11.6 Å². The molecule has 1 N–H and O–H groups in total. The second-order valence-corrected chi connectivity index (χ2v) is 3.37. The maximum Gasteiger partial charge on any atom is 0.177 e. The van der Waals surface area contributed by atoms with Gasteiger partial charge in [0, 0.05) is 17.8 Å². The third-order valence-electron chi connectivity index (χ3n) is 2.26. The lowest BCUT2D eigenvalue weighted by Crippen LogP contribution is -2.00. The van der Waals surface area contributed by atoms with Gasteiger partial charge in [-0.05, 0) is 18.1 Å². The molecule has 1 aromatic carbocycles. The van der Waals surface area contributed by atoms with Crippen LogP contribution in [-0.4, -0.2) is 18.2 Å². The Morgan fingerprint density at radius 1 is 1.54 bits per heavy atom. The number of nitrogens with one attached hydrogen (secondary N) is 1. The first-order valence-electron chi connectivity index (χ1n) is 4.27. The number of alkyl halides is 1. The van der Waals surface area contributed by atoms with E-state index in [-0.39, 0.29) is 11.7 Å². The summed E-state index contributed by atoms with van der Waals surface area (Å²) in [5.41, 5.74) is 3.06. The first kappa shape index (κ1) is 8.57. The van der Waals surface area contributed by atoms with Crippen molar-refractivity contribution in [3.8, 4) is 0 Å². The van der Waals surface area contributed by atoms with Crippen molar-refractivity contribution in [2.24, 2.45) is 0 Å². The third-order valence-corrected chi connectivity index (χ3v) is 2.51. The standard InChI is InChI=1S/C10H10ClNO/c11-6-10(13)8-2-1-7-3-4-12-9(7)5-8/h1-2,5,12H,3-4,6H2. The van der Waals surface area contributed by atoms with E-state index in [1.165, 1.54) is 5.56 Å². The molecule has 1 heterocycles. The lowest BCUT2D eigenvalue weighted by Gasteiger charge is -2.01. The van der Waals surface area contributed by atoms with Crippen molar-refractivity contribution in [3.63, 3.8) is 0 Å². The number of fused-ring (bicyclic) bond motifs is 1. The van der Waals surface area contributed by atoms with Crippen LogP contribution in [0, 0.1) is 0 Å². The van der Waals surface area contributed by atoms with Gasteiger partial charge in [0.25, 0.3) is 0 Å². The minimum Gasteiger partial charge on any atom is -0.384 e. The highest BCUT2D eigenvalue weighted by Gasteiger charge is 2.12. The van der Waals surface area contributed by atoms with E-state index in [4.69, 9.17) is 11.6 Å². The van der Waals surface area contributed by atoms with Crippen LogP contribution in [-0.2, 0) is 6.42 Å². The molecule has 0 spiro atoms. The number of carbonyl (C=O) groups excluding carboxylic acids is 1. The predicted molar refractivity (Wildman–Crippen MR) is 53.7 cm³/mol. The highest BCUT2D eigenvalue weighted by atomic mass is 35.5. The van der Waals surface area contributed by atoms with Crippen LogP contribution >= 0.6 is 11.6 Å². The molecular weight excluding hydrogens is 186 g/mol. The zero-order chi connectivity index (χ0) is 9.26. The van der Waals surface area contributed by atoms with Crippen LogP contribution in [0.4, 0.5) is 5.69 Å². The van der Waals surface area contributed by atoms with Crippen LogP contribution < -0.4 is 5.32 Å². The van der Waals surface area contributed by atoms with E-state index in [9.17, 15) is 4.79 Å². The molecule has 2 nitrogen and oxygen atoms in total. The molecule has 68 valence electrons. The number of halogens is 1. The van der Waals surface area contributed by atoms with Crippen molar-refractivity contribution in [2.75, 3.05) is 17.7 Å². The molecule has 1 aliphatic heterocycles. The van der Waals surface area contributed by atoms with Gasteiger partial charge in [-0.1, -0.05) is 12.1 Å². The van der Waals surface area contributed by atoms with Crippen LogP contribution in [0.2, 0.25) is 0 Å². The molecule has 3 heteroatoms. The fourth-order valence-electron chi connectivity index (χ4n) is 1.54. The summed E-state index contributed by atoms with van der Waals surface area (Å²) in [5.74, 6) is 0.0388. The number of hydrogen-bond acceptors (Lipinski definition) is 2. The van der Waals surface area contributed by atoms with Crippen LogP contribution in [0.3, 0.4) is 0 Å². The number of carbonyl (C=O) groups is 1. The van der Waals surface area contributed by atoms with Gasteiger partial charge in [0.15, 0.2) is 5.78 Å². The molecule has 0 radical (unpaired) electrons. The quantitative estimate of drug-likeness (QED) is 0.578. The van der Waals surface area contributed by atoms with Crippen molar-refractivity contribution < 1.29 is 4.79 Å². The molecule has 13 heavy (non-hydrogen) atoms. The molecule has 1 aromatic rings. The highest BCUT2D eigenvalue weighted by Crippen LogP contribution is 2.23. The van der Waals surface area contributed by atoms with Gasteiger partial charge in [-0.3, -0.25) is 4.79 Å². The summed E-state index contributed by atoms with van der Waals surface area (Å²) in [6, 6.07) is 5.72. The number of Topliss-reactive ketones (excluding diaryl/α,β-unsaturated/α-hetero) is 1. The molecule has 0 atom stereocenters. The van der Waals surface area contributed by atoms with Crippen LogP contribution in [0.15, 0.2) is 18.2 Å². The molecule has 0 fully saturated rings. The van der Waals surface area contributed by atoms with Crippen LogP contribution in [0.5, 0.6) is 0 Å². The monoisotopic (exact) mass is 195 g/mol. The van der Waals surface area contributed by atoms with E-state index in [2.05, 4.69) is 5.32 Å². The molecular formula is C10H10ClNO. The largest absolute Gasteiger partial charge is 0.384 e. The normalized spacial score (nSPS) is 13.6. The van der Waals surface area contributed by atoms with Gasteiger partial charge < -0.3 is 5.32 Å². The highest BCUT2D eigenvalue weighted by molar-refractivity contribution is 6.30. The summed E-state index contributed by atoms with van der Waals surface area (Å²) in [6.45, 7) is 0.966. The van der Waals surface area contributed by atoms with Crippen molar-refractivity contribution in [1.82, 2.24) is 0 Å². The first-order chi connectivity index (χ1) is 6.31. The smallest absolute Gasteiger partial charge is 0.177 e. The Morgan fingerprint density at radius 3 is 3.15 bits per heavy atom. The van der Waals surface area contributed by atoms with Gasteiger partial charge >= 0.3 is 0 Å². The summed E-state index contributed by atoms with van der Waals surface area (Å²) >= 11 is 5.47. The van der Waals surface area contributed by atoms with E-state index in [0.717, 1.165) is 18.7 Å². The zero-order valence-corrected chi connectivity index (χ0v) is 7.90. The zero-order valence-electron chi connectivity index (χ0n) is 7.14. The first-order valence-corrected chi connectivity index (χ1v) is 4.80. The average molecular weight is 196 g/mol. The van der Waals surface area contributed by atoms with Crippen molar-refractivity contribution in [3.05, 3.63) is 29.3 Å². The Kier molecular flexibility index (Phi) is 2.23. The molecule has 0 bridgehead atoms. The lowest BCUT2D eigenvalue weighted by atomic mass is 10.1. The predicted octanol–water partition coefficient (Wildman–Crippen LogP) is 2.08. The van der Waals surface area contributed by atoms with Crippen molar-refractivity contribution >= 4 is 23.1 Å². The fraction of sp³-hybridized carbons (Fsp3) is 0.300. The Labute approximate surface area is 81.9 Å². The van der Waals surface area contributed by atoms with E-state index < -0.39 is 0 Å². The number of benzene rings is 1. The maximum absolute atomic E-state index is 11.3. The maximum atomic E-state index is 11.3. The fourth-order valence-corrected chi connectivity index (χ4v) is 1.70. The molecule has 1 aliphatic rings. The van der Waals surface area contributed by atoms with Gasteiger partial charge in [-0.2, -0.15) is 0 Å². The number of hydrogen-bond donors (Lipinski definition) is 1.